The Bertz CT molecular complexity index is 197. The fraction of sp³-hybridized carbons (Fsp3) is 0.714. The SMILES string of the molecule is C=CC[CH](C)[Na].CCS(=O)(=O)O. The predicted molar refractivity (Wildman–Crippen MR) is 52.1 cm³/mol. The van der Waals surface area contributed by atoms with Crippen LogP contribution in [0.3, 0.4) is 0 Å². The van der Waals surface area contributed by atoms with E-state index in [0.717, 1.165) is 3.17 Å². The summed E-state index contributed by atoms with van der Waals surface area (Å²) < 4.78 is 27.8. The minimum absolute atomic E-state index is 0.201. The molecule has 0 aromatic carbocycles. The van der Waals surface area contributed by atoms with Crippen LogP contribution in [-0.4, -0.2) is 46.7 Å². The first-order chi connectivity index (χ1) is 5.33. The third-order valence-corrected chi connectivity index (χ3v) is 2.20. The third kappa shape index (κ3) is 22.4. The first-order valence-electron chi connectivity index (χ1n) is 3.89. The molecule has 68 valence electrons. The van der Waals surface area contributed by atoms with Crippen molar-refractivity contribution in [1.29, 1.82) is 0 Å². The van der Waals surface area contributed by atoms with E-state index >= 15 is 0 Å². The molecule has 0 aliphatic rings. The van der Waals surface area contributed by atoms with Crippen LogP contribution in [0.2, 0.25) is 3.17 Å². The summed E-state index contributed by atoms with van der Waals surface area (Å²) in [6.45, 7) is 7.24. The monoisotopic (exact) mass is 202 g/mol. The Hall–Kier alpha value is 0.650. The third-order valence-electron chi connectivity index (χ3n) is 1.00. The van der Waals surface area contributed by atoms with E-state index < -0.39 is 10.1 Å². The van der Waals surface area contributed by atoms with Crippen LogP contribution < -0.4 is 0 Å². The molecule has 0 rings (SSSR count). The summed E-state index contributed by atoms with van der Waals surface area (Å²) >= 11 is 1.31. The minimum atomic E-state index is -3.66. The van der Waals surface area contributed by atoms with Crippen molar-refractivity contribution >= 4 is 38.0 Å². The Morgan fingerprint density at radius 2 is 2.00 bits per heavy atom. The molecule has 0 heterocycles. The van der Waals surface area contributed by atoms with Gasteiger partial charge in [-0.05, 0) is 6.92 Å². The van der Waals surface area contributed by atoms with Crippen LogP contribution in [0.25, 0.3) is 0 Å². The van der Waals surface area contributed by atoms with E-state index in [1.807, 2.05) is 6.08 Å². The Kier molecular flexibility index (Phi) is 10.4. The molecule has 0 aromatic rings. The van der Waals surface area contributed by atoms with Crippen LogP contribution >= 0.6 is 0 Å². The van der Waals surface area contributed by atoms with Gasteiger partial charge in [-0.3, -0.25) is 4.55 Å². The Morgan fingerprint density at radius 3 is 2.00 bits per heavy atom. The second kappa shape index (κ2) is 8.26. The van der Waals surface area contributed by atoms with Crippen molar-refractivity contribution in [3.63, 3.8) is 0 Å². The van der Waals surface area contributed by atoms with Gasteiger partial charge in [0.15, 0.2) is 0 Å². The molecule has 0 amide bonds. The maximum atomic E-state index is 9.56. The molecule has 0 aliphatic carbocycles. The van der Waals surface area contributed by atoms with Gasteiger partial charge in [-0.2, -0.15) is 8.42 Å². The molecule has 0 aromatic heterocycles. The van der Waals surface area contributed by atoms with E-state index in [2.05, 4.69) is 13.5 Å². The van der Waals surface area contributed by atoms with Gasteiger partial charge in [0.05, 0.1) is 5.75 Å². The fourth-order valence-electron chi connectivity index (χ4n) is 0.333. The Morgan fingerprint density at radius 1 is 1.67 bits per heavy atom. The van der Waals surface area contributed by atoms with E-state index in [-0.39, 0.29) is 5.75 Å². The van der Waals surface area contributed by atoms with Gasteiger partial charge >= 0.3 is 57.1 Å². The van der Waals surface area contributed by atoms with Gasteiger partial charge in [-0.15, -0.1) is 0 Å². The molecule has 5 heteroatoms. The molecule has 0 bridgehead atoms. The molecule has 1 atom stereocenters. The molecule has 0 spiro atoms. The average molecular weight is 202 g/mol. The molecule has 0 saturated heterocycles. The van der Waals surface area contributed by atoms with Crippen molar-refractivity contribution in [3.05, 3.63) is 12.7 Å². The summed E-state index contributed by atoms with van der Waals surface area (Å²) in [6.07, 6.45) is 3.18. The smallest absolute Gasteiger partial charge is 0.264 e. The summed E-state index contributed by atoms with van der Waals surface area (Å²) in [6, 6.07) is 0. The molecule has 0 aliphatic heterocycles. The topological polar surface area (TPSA) is 54.4 Å². The Balaban J connectivity index is 0. The molecule has 3 nitrogen and oxygen atoms in total. The number of rotatable bonds is 3. The van der Waals surface area contributed by atoms with Gasteiger partial charge in [0, 0.05) is 0 Å². The number of hydrogen-bond donors (Lipinski definition) is 1. The van der Waals surface area contributed by atoms with Crippen LogP contribution in [-0.2, 0) is 10.1 Å². The van der Waals surface area contributed by atoms with Crippen molar-refractivity contribution in [2.45, 2.75) is 23.4 Å². The number of hydrogen-bond acceptors (Lipinski definition) is 2. The summed E-state index contributed by atoms with van der Waals surface area (Å²) in [5, 5.41) is 0. The first kappa shape index (κ1) is 15.1. The van der Waals surface area contributed by atoms with Crippen molar-refractivity contribution < 1.29 is 13.0 Å². The van der Waals surface area contributed by atoms with Gasteiger partial charge in [-0.25, -0.2) is 0 Å². The summed E-state index contributed by atoms with van der Waals surface area (Å²) in [7, 11) is -3.66. The molecule has 1 N–H and O–H groups in total. The summed E-state index contributed by atoms with van der Waals surface area (Å²) in [4.78, 5) is 0. The van der Waals surface area contributed by atoms with Gasteiger partial charge in [0.1, 0.15) is 0 Å². The van der Waals surface area contributed by atoms with E-state index in [9.17, 15) is 8.42 Å². The van der Waals surface area contributed by atoms with E-state index in [1.165, 1.54) is 41.3 Å². The standard InChI is InChI=1S/C5H9.C2H6O3S.Na/c1-3-5-4-2;1-2-6(3,4)5;/h3-4H,1,5H2,2H3;2H2,1H3,(H,3,4,5);. The van der Waals surface area contributed by atoms with Crippen LogP contribution in [0, 0.1) is 0 Å². The van der Waals surface area contributed by atoms with Crippen LogP contribution in [0.15, 0.2) is 12.7 Å². The number of allylic oxidation sites excluding steroid dienone is 1. The molecule has 1 unspecified atom stereocenters. The van der Waals surface area contributed by atoms with Crippen LogP contribution in [0.4, 0.5) is 0 Å². The van der Waals surface area contributed by atoms with Gasteiger partial charge < -0.3 is 0 Å². The van der Waals surface area contributed by atoms with Crippen LogP contribution in [0.5, 0.6) is 0 Å². The first-order valence-corrected chi connectivity index (χ1v) is 6.66. The van der Waals surface area contributed by atoms with Gasteiger partial charge in [-0.1, -0.05) is 0 Å². The van der Waals surface area contributed by atoms with Crippen molar-refractivity contribution in [2.24, 2.45) is 0 Å². The molecule has 0 radical (unpaired) electrons. The maximum absolute atomic E-state index is 9.56. The summed E-state index contributed by atoms with van der Waals surface area (Å²) in [5.41, 5.74) is 0. The van der Waals surface area contributed by atoms with Crippen molar-refractivity contribution in [3.8, 4) is 0 Å². The van der Waals surface area contributed by atoms with Crippen molar-refractivity contribution in [2.75, 3.05) is 5.75 Å². The average Bonchev–Trinajstić information content (AvgIpc) is 1.87. The molecular formula is C7H15NaO3S. The summed E-state index contributed by atoms with van der Waals surface area (Å²) in [5.74, 6) is -0.201. The largest absolute Gasteiger partial charge is 0.286 e. The van der Waals surface area contributed by atoms with E-state index in [0.29, 0.717) is 0 Å². The maximum Gasteiger partial charge on any atom is 0.264 e. The fourth-order valence-corrected chi connectivity index (χ4v) is 0.667. The van der Waals surface area contributed by atoms with E-state index in [4.69, 9.17) is 4.55 Å². The second-order valence-electron chi connectivity index (χ2n) is 2.79. The minimum Gasteiger partial charge on any atom is -0.286 e. The zero-order valence-electron chi connectivity index (χ0n) is 7.95. The normalized spacial score (nSPS) is 12.8. The molecule has 0 saturated carbocycles. The quantitative estimate of drug-likeness (QED) is 0.428. The molecule has 0 fully saturated rings. The van der Waals surface area contributed by atoms with Crippen LogP contribution in [0.1, 0.15) is 20.3 Å². The predicted octanol–water partition coefficient (Wildman–Crippen LogP) is 1.43. The molecule has 12 heavy (non-hydrogen) atoms. The van der Waals surface area contributed by atoms with Gasteiger partial charge in [0.25, 0.3) is 10.1 Å². The zero-order chi connectivity index (χ0) is 10.2. The Labute approximate surface area is 92.4 Å². The van der Waals surface area contributed by atoms with Gasteiger partial charge in [0.2, 0.25) is 0 Å². The zero-order valence-corrected chi connectivity index (χ0v) is 10.8. The van der Waals surface area contributed by atoms with E-state index in [1.54, 1.807) is 0 Å². The van der Waals surface area contributed by atoms with Crippen molar-refractivity contribution in [1.82, 2.24) is 0 Å². The molecular weight excluding hydrogens is 187 g/mol. The second-order valence-corrected chi connectivity index (χ2v) is 6.50.